The van der Waals surface area contributed by atoms with Crippen molar-refractivity contribution in [2.24, 2.45) is 0 Å². The second-order valence-corrected chi connectivity index (χ2v) is 5.80. The van der Waals surface area contributed by atoms with Gasteiger partial charge in [-0.3, -0.25) is 4.79 Å². The van der Waals surface area contributed by atoms with Gasteiger partial charge in [-0.1, -0.05) is 36.4 Å². The Balaban J connectivity index is 2.01. The van der Waals surface area contributed by atoms with Crippen LogP contribution in [0, 0.1) is 3.57 Å². The summed E-state index contributed by atoms with van der Waals surface area (Å²) in [6.07, 6.45) is 0.618. The molecule has 104 valence electrons. The summed E-state index contributed by atoms with van der Waals surface area (Å²) in [6, 6.07) is 16.9. The smallest absolute Gasteiger partial charge is 0.251 e. The highest BCUT2D eigenvalue weighted by Gasteiger charge is 2.13. The minimum atomic E-state index is -0.275. The maximum Gasteiger partial charge on any atom is 0.251 e. The molecule has 0 saturated heterocycles. The van der Waals surface area contributed by atoms with Crippen LogP contribution in [0.3, 0.4) is 0 Å². The maximum atomic E-state index is 12.1. The van der Waals surface area contributed by atoms with Crippen LogP contribution in [-0.2, 0) is 6.42 Å². The third-order valence-corrected chi connectivity index (χ3v) is 3.64. The summed E-state index contributed by atoms with van der Waals surface area (Å²) in [4.78, 5) is 12.1. The highest BCUT2D eigenvalue weighted by atomic mass is 127. The van der Waals surface area contributed by atoms with Crippen LogP contribution in [0.4, 0.5) is 0 Å². The van der Waals surface area contributed by atoms with E-state index in [0.717, 1.165) is 9.13 Å². The van der Waals surface area contributed by atoms with E-state index in [1.54, 1.807) is 6.07 Å². The number of hydrogen-bond acceptors (Lipinski definition) is 2. The van der Waals surface area contributed by atoms with Crippen molar-refractivity contribution in [1.82, 2.24) is 5.32 Å². The summed E-state index contributed by atoms with van der Waals surface area (Å²) in [5.41, 5.74) is 1.71. The number of benzene rings is 2. The van der Waals surface area contributed by atoms with Crippen LogP contribution in [0.15, 0.2) is 54.6 Å². The van der Waals surface area contributed by atoms with Gasteiger partial charge in [-0.2, -0.15) is 0 Å². The molecular weight excluding hydrogens is 365 g/mol. The fourth-order valence-corrected chi connectivity index (χ4v) is 2.50. The molecule has 4 heteroatoms. The molecule has 2 N–H and O–H groups in total. The zero-order valence-electron chi connectivity index (χ0n) is 10.9. The van der Waals surface area contributed by atoms with E-state index in [2.05, 4.69) is 27.9 Å². The zero-order chi connectivity index (χ0) is 14.4. The van der Waals surface area contributed by atoms with Gasteiger partial charge in [-0.15, -0.1) is 0 Å². The largest absolute Gasteiger partial charge is 0.394 e. The summed E-state index contributed by atoms with van der Waals surface area (Å²) in [5.74, 6) is -0.154. The summed E-state index contributed by atoms with van der Waals surface area (Å²) < 4.78 is 1.01. The molecule has 0 bridgehead atoms. The van der Waals surface area contributed by atoms with E-state index in [-0.39, 0.29) is 18.6 Å². The minimum absolute atomic E-state index is 0.0788. The predicted octanol–water partition coefficient (Wildman–Crippen LogP) is 2.62. The van der Waals surface area contributed by atoms with E-state index in [1.807, 2.05) is 48.5 Å². The Hall–Kier alpha value is -1.40. The Labute approximate surface area is 132 Å². The molecule has 2 rings (SSSR count). The lowest BCUT2D eigenvalue weighted by Crippen LogP contribution is -2.39. The molecule has 0 unspecified atom stereocenters. The number of carbonyl (C=O) groups excluding carboxylic acids is 1. The molecule has 2 aromatic rings. The van der Waals surface area contributed by atoms with Gasteiger partial charge < -0.3 is 10.4 Å². The van der Waals surface area contributed by atoms with E-state index in [4.69, 9.17) is 0 Å². The number of carbonyl (C=O) groups is 1. The predicted molar refractivity (Wildman–Crippen MR) is 87.6 cm³/mol. The molecule has 0 radical (unpaired) electrons. The third-order valence-electron chi connectivity index (χ3n) is 2.97. The Bertz CT molecular complexity index is 572. The second kappa shape index (κ2) is 7.40. The monoisotopic (exact) mass is 381 g/mol. The van der Waals surface area contributed by atoms with Crippen LogP contribution in [0.5, 0.6) is 0 Å². The molecule has 0 spiro atoms. The van der Waals surface area contributed by atoms with E-state index in [1.165, 1.54) is 0 Å². The number of nitrogens with one attached hydrogen (secondary N) is 1. The van der Waals surface area contributed by atoms with Gasteiger partial charge >= 0.3 is 0 Å². The summed E-state index contributed by atoms with van der Waals surface area (Å²) >= 11 is 2.17. The average Bonchev–Trinajstić information content (AvgIpc) is 2.47. The first kappa shape index (κ1) is 15.0. The van der Waals surface area contributed by atoms with Crippen LogP contribution >= 0.6 is 22.6 Å². The minimum Gasteiger partial charge on any atom is -0.394 e. The zero-order valence-corrected chi connectivity index (χ0v) is 13.1. The summed E-state index contributed by atoms with van der Waals surface area (Å²) in [6.45, 7) is -0.0788. The number of rotatable bonds is 5. The van der Waals surface area contributed by atoms with Gasteiger partial charge in [0.2, 0.25) is 0 Å². The molecule has 2 aromatic carbocycles. The molecule has 0 heterocycles. The fourth-order valence-electron chi connectivity index (χ4n) is 1.96. The first-order chi connectivity index (χ1) is 9.69. The van der Waals surface area contributed by atoms with Crippen molar-refractivity contribution in [3.05, 3.63) is 69.3 Å². The van der Waals surface area contributed by atoms with Crippen molar-refractivity contribution in [3.63, 3.8) is 0 Å². The van der Waals surface area contributed by atoms with E-state index in [9.17, 15) is 9.90 Å². The number of aliphatic hydroxyl groups is 1. The fraction of sp³-hybridized carbons (Fsp3) is 0.188. The first-order valence-electron chi connectivity index (χ1n) is 6.40. The number of halogens is 1. The van der Waals surface area contributed by atoms with Crippen molar-refractivity contribution >= 4 is 28.5 Å². The molecule has 1 atom stereocenters. The van der Waals surface area contributed by atoms with Crippen molar-refractivity contribution in [2.75, 3.05) is 6.61 Å². The number of aliphatic hydroxyl groups excluding tert-OH is 1. The van der Waals surface area contributed by atoms with E-state index >= 15 is 0 Å². The van der Waals surface area contributed by atoms with Crippen LogP contribution < -0.4 is 5.32 Å². The molecule has 0 aliphatic rings. The molecule has 0 fully saturated rings. The lowest BCUT2D eigenvalue weighted by molar-refractivity contribution is 0.0916. The maximum absolute atomic E-state index is 12.1. The Morgan fingerprint density at radius 2 is 1.90 bits per heavy atom. The van der Waals surface area contributed by atoms with Gasteiger partial charge in [-0.25, -0.2) is 0 Å². The van der Waals surface area contributed by atoms with Gasteiger partial charge in [0.1, 0.15) is 0 Å². The highest BCUT2D eigenvalue weighted by Crippen LogP contribution is 2.09. The van der Waals surface area contributed by atoms with Gasteiger partial charge in [-0.05, 0) is 52.8 Å². The van der Waals surface area contributed by atoms with Crippen LogP contribution in [0.2, 0.25) is 0 Å². The molecule has 20 heavy (non-hydrogen) atoms. The SMILES string of the molecule is O=C(N[C@H](CO)Cc1ccccc1)c1cccc(I)c1. The molecule has 0 saturated carbocycles. The van der Waals surface area contributed by atoms with Crippen molar-refractivity contribution in [3.8, 4) is 0 Å². The summed E-state index contributed by atoms with van der Waals surface area (Å²) in [5, 5.41) is 12.3. The molecular formula is C16H16INO2. The third kappa shape index (κ3) is 4.31. The quantitative estimate of drug-likeness (QED) is 0.783. The van der Waals surface area contributed by atoms with Gasteiger partial charge in [0, 0.05) is 9.13 Å². The van der Waals surface area contributed by atoms with Crippen molar-refractivity contribution in [2.45, 2.75) is 12.5 Å². The normalized spacial score (nSPS) is 11.9. The molecule has 0 aliphatic heterocycles. The molecule has 3 nitrogen and oxygen atoms in total. The Morgan fingerprint density at radius 3 is 2.55 bits per heavy atom. The number of hydrogen-bond donors (Lipinski definition) is 2. The van der Waals surface area contributed by atoms with E-state index in [0.29, 0.717) is 12.0 Å². The summed E-state index contributed by atoms with van der Waals surface area (Å²) in [7, 11) is 0. The molecule has 0 aliphatic carbocycles. The van der Waals surface area contributed by atoms with Gasteiger partial charge in [0.15, 0.2) is 0 Å². The van der Waals surface area contributed by atoms with Crippen molar-refractivity contribution < 1.29 is 9.90 Å². The topological polar surface area (TPSA) is 49.3 Å². The second-order valence-electron chi connectivity index (χ2n) is 4.55. The highest BCUT2D eigenvalue weighted by molar-refractivity contribution is 14.1. The lowest BCUT2D eigenvalue weighted by Gasteiger charge is -2.16. The Morgan fingerprint density at radius 1 is 1.15 bits per heavy atom. The van der Waals surface area contributed by atoms with Gasteiger partial charge in [0.25, 0.3) is 5.91 Å². The molecule has 1 amide bonds. The van der Waals surface area contributed by atoms with E-state index < -0.39 is 0 Å². The van der Waals surface area contributed by atoms with Crippen molar-refractivity contribution in [1.29, 1.82) is 0 Å². The van der Waals surface area contributed by atoms with Gasteiger partial charge in [0.05, 0.1) is 12.6 Å². The van der Waals surface area contributed by atoms with Crippen LogP contribution in [0.25, 0.3) is 0 Å². The lowest BCUT2D eigenvalue weighted by atomic mass is 10.1. The van der Waals surface area contributed by atoms with Crippen LogP contribution in [-0.4, -0.2) is 23.7 Å². The molecule has 0 aromatic heterocycles. The van der Waals surface area contributed by atoms with Crippen LogP contribution in [0.1, 0.15) is 15.9 Å². The first-order valence-corrected chi connectivity index (χ1v) is 7.48. The average molecular weight is 381 g/mol. The number of amides is 1. The Kier molecular flexibility index (Phi) is 5.55. The standard InChI is InChI=1S/C16H16INO2/c17-14-8-4-7-13(10-14)16(20)18-15(11-19)9-12-5-2-1-3-6-12/h1-8,10,15,19H,9,11H2,(H,18,20)/t15-/m0/s1.